The quantitative estimate of drug-likeness (QED) is 0.228. The fourth-order valence-corrected chi connectivity index (χ4v) is 2.62. The van der Waals surface area contributed by atoms with Crippen molar-refractivity contribution in [2.75, 3.05) is 39.3 Å². The number of halogens is 1. The minimum absolute atomic E-state index is 0. The van der Waals surface area contributed by atoms with Crippen LogP contribution in [0.3, 0.4) is 0 Å². The van der Waals surface area contributed by atoms with Crippen molar-refractivity contribution in [2.45, 2.75) is 58.9 Å². The minimum Gasteiger partial charge on any atom is -0.357 e. The van der Waals surface area contributed by atoms with Gasteiger partial charge in [-0.05, 0) is 73.0 Å². The normalized spacial score (nSPS) is 15.8. The molecular weight excluding hydrogens is 417 g/mol. The average Bonchev–Trinajstić information content (AvgIpc) is 2.95. The maximum atomic E-state index is 11.8. The average molecular weight is 453 g/mol. The molecule has 0 bridgehead atoms. The molecule has 0 radical (unpaired) electrons. The summed E-state index contributed by atoms with van der Waals surface area (Å²) in [6.45, 7) is 13.5. The van der Waals surface area contributed by atoms with Crippen molar-refractivity contribution < 1.29 is 4.79 Å². The monoisotopic (exact) mass is 453 g/mol. The lowest BCUT2D eigenvalue weighted by molar-refractivity contribution is -0.121. The number of aliphatic imine (C=N–C) groups is 1. The van der Waals surface area contributed by atoms with Crippen LogP contribution in [0.15, 0.2) is 4.99 Å². The van der Waals surface area contributed by atoms with Gasteiger partial charge in [0, 0.05) is 18.6 Å². The Kier molecular flexibility index (Phi) is 12.4. The highest BCUT2D eigenvalue weighted by molar-refractivity contribution is 14.0. The fraction of sp³-hybridized carbons (Fsp3) is 0.882. The first-order valence-electron chi connectivity index (χ1n) is 8.96. The number of unbranched alkanes of at least 4 members (excludes halogenated alkanes) is 1. The number of carbonyl (C=O) groups is 1. The second kappa shape index (κ2) is 12.7. The van der Waals surface area contributed by atoms with Gasteiger partial charge in [-0.1, -0.05) is 0 Å². The predicted octanol–water partition coefficient (Wildman–Crippen LogP) is 1.95. The largest absolute Gasteiger partial charge is 0.357 e. The second-order valence-corrected chi connectivity index (χ2v) is 7.18. The van der Waals surface area contributed by atoms with E-state index in [0.29, 0.717) is 0 Å². The van der Waals surface area contributed by atoms with Gasteiger partial charge in [0.1, 0.15) is 6.54 Å². The number of likely N-dealkylation sites (tertiary alicyclic amines) is 1. The van der Waals surface area contributed by atoms with Crippen molar-refractivity contribution in [1.29, 1.82) is 0 Å². The Morgan fingerprint density at radius 1 is 1.12 bits per heavy atom. The number of nitrogens with zero attached hydrogens (tertiary/aromatic N) is 2. The fourth-order valence-electron chi connectivity index (χ4n) is 2.62. The standard InChI is InChI=1S/C17H35N5O.HI/c1-5-18-16(20-14-15(23)21-17(2,3)4)19-10-6-7-11-22-12-8-9-13-22;/h5-14H2,1-4H3,(H,21,23)(H2,18,19,20);1H. The Hall–Kier alpha value is -0.570. The van der Waals surface area contributed by atoms with Crippen LogP contribution in [0.2, 0.25) is 0 Å². The van der Waals surface area contributed by atoms with Gasteiger partial charge in [-0.25, -0.2) is 4.99 Å². The number of nitrogens with one attached hydrogen (secondary N) is 3. The van der Waals surface area contributed by atoms with E-state index in [-0.39, 0.29) is 42.0 Å². The molecule has 3 N–H and O–H groups in total. The summed E-state index contributed by atoms with van der Waals surface area (Å²) < 4.78 is 0. The van der Waals surface area contributed by atoms with E-state index in [1.54, 1.807) is 0 Å². The molecule has 7 heteroatoms. The molecule has 0 unspecified atom stereocenters. The first kappa shape index (κ1) is 23.4. The Bertz CT molecular complexity index is 376. The van der Waals surface area contributed by atoms with Gasteiger partial charge in [0.15, 0.2) is 5.96 Å². The van der Waals surface area contributed by atoms with Crippen LogP contribution < -0.4 is 16.0 Å². The molecule has 0 aromatic rings. The lowest BCUT2D eigenvalue weighted by atomic mass is 10.1. The van der Waals surface area contributed by atoms with E-state index in [0.717, 1.165) is 25.5 Å². The topological polar surface area (TPSA) is 68.8 Å². The summed E-state index contributed by atoms with van der Waals surface area (Å²) in [4.78, 5) is 18.7. The number of guanidine groups is 1. The van der Waals surface area contributed by atoms with Gasteiger partial charge in [-0.15, -0.1) is 24.0 Å². The van der Waals surface area contributed by atoms with E-state index in [9.17, 15) is 4.79 Å². The van der Waals surface area contributed by atoms with Gasteiger partial charge in [-0.2, -0.15) is 0 Å². The highest BCUT2D eigenvalue weighted by Gasteiger charge is 2.13. The maximum absolute atomic E-state index is 11.8. The maximum Gasteiger partial charge on any atom is 0.242 e. The zero-order valence-electron chi connectivity index (χ0n) is 15.8. The number of hydrogen-bond acceptors (Lipinski definition) is 3. The zero-order valence-corrected chi connectivity index (χ0v) is 18.1. The third kappa shape index (κ3) is 11.9. The zero-order chi connectivity index (χ0) is 17.1. The van der Waals surface area contributed by atoms with Crippen molar-refractivity contribution in [3.63, 3.8) is 0 Å². The van der Waals surface area contributed by atoms with Gasteiger partial charge in [0.05, 0.1) is 0 Å². The van der Waals surface area contributed by atoms with E-state index in [1.165, 1.54) is 38.9 Å². The van der Waals surface area contributed by atoms with Crippen LogP contribution in [0, 0.1) is 0 Å². The van der Waals surface area contributed by atoms with Crippen molar-refractivity contribution in [2.24, 2.45) is 4.99 Å². The summed E-state index contributed by atoms with van der Waals surface area (Å²) in [7, 11) is 0. The SMILES string of the molecule is CCNC(=NCC(=O)NC(C)(C)C)NCCCCN1CCCC1.I. The van der Waals surface area contributed by atoms with Crippen molar-refractivity contribution in [1.82, 2.24) is 20.9 Å². The Balaban J connectivity index is 0.00000529. The molecule has 6 nitrogen and oxygen atoms in total. The molecule has 1 amide bonds. The van der Waals surface area contributed by atoms with Gasteiger partial charge in [0.25, 0.3) is 0 Å². The molecule has 1 aliphatic rings. The first-order valence-corrected chi connectivity index (χ1v) is 8.96. The Morgan fingerprint density at radius 3 is 2.38 bits per heavy atom. The molecule has 0 aromatic heterocycles. The van der Waals surface area contributed by atoms with Crippen molar-refractivity contribution in [3.8, 4) is 0 Å². The van der Waals surface area contributed by atoms with Gasteiger partial charge >= 0.3 is 0 Å². The second-order valence-electron chi connectivity index (χ2n) is 7.18. The molecule has 1 saturated heterocycles. The molecule has 1 aliphatic heterocycles. The van der Waals surface area contributed by atoms with E-state index in [1.807, 2.05) is 27.7 Å². The number of rotatable bonds is 8. The third-order valence-corrected chi connectivity index (χ3v) is 3.63. The number of hydrogen-bond donors (Lipinski definition) is 3. The lowest BCUT2D eigenvalue weighted by Crippen LogP contribution is -2.43. The van der Waals surface area contributed by atoms with E-state index in [4.69, 9.17) is 0 Å². The van der Waals surface area contributed by atoms with Crippen molar-refractivity contribution >= 4 is 35.8 Å². The van der Waals surface area contributed by atoms with E-state index in [2.05, 4.69) is 25.8 Å². The van der Waals surface area contributed by atoms with Gasteiger partial charge in [-0.3, -0.25) is 4.79 Å². The molecule has 142 valence electrons. The summed E-state index contributed by atoms with van der Waals surface area (Å²) in [5, 5.41) is 9.40. The number of amides is 1. The summed E-state index contributed by atoms with van der Waals surface area (Å²) in [6.07, 6.45) is 5.03. The highest BCUT2D eigenvalue weighted by Crippen LogP contribution is 2.07. The minimum atomic E-state index is -0.214. The van der Waals surface area contributed by atoms with Crippen LogP contribution in [0.5, 0.6) is 0 Å². The van der Waals surface area contributed by atoms with Crippen LogP contribution >= 0.6 is 24.0 Å². The Morgan fingerprint density at radius 2 is 1.79 bits per heavy atom. The van der Waals surface area contributed by atoms with E-state index >= 15 is 0 Å². The molecule has 0 aliphatic carbocycles. The number of carbonyl (C=O) groups excluding carboxylic acids is 1. The predicted molar refractivity (Wildman–Crippen MR) is 112 cm³/mol. The van der Waals surface area contributed by atoms with Crippen LogP contribution in [0.25, 0.3) is 0 Å². The molecular formula is C17H36IN5O. The lowest BCUT2D eigenvalue weighted by Gasteiger charge is -2.20. The molecule has 0 aromatic carbocycles. The van der Waals surface area contributed by atoms with Gasteiger partial charge < -0.3 is 20.9 Å². The van der Waals surface area contributed by atoms with Crippen LogP contribution in [0.1, 0.15) is 53.4 Å². The van der Waals surface area contributed by atoms with E-state index < -0.39 is 0 Å². The summed E-state index contributed by atoms with van der Waals surface area (Å²) in [5.41, 5.74) is -0.214. The molecule has 0 saturated carbocycles. The smallest absolute Gasteiger partial charge is 0.242 e. The summed E-state index contributed by atoms with van der Waals surface area (Å²) >= 11 is 0. The molecule has 1 heterocycles. The summed E-state index contributed by atoms with van der Waals surface area (Å²) in [6, 6.07) is 0. The first-order chi connectivity index (χ1) is 10.9. The third-order valence-electron chi connectivity index (χ3n) is 3.63. The van der Waals surface area contributed by atoms with Crippen LogP contribution in [-0.4, -0.2) is 61.6 Å². The highest BCUT2D eigenvalue weighted by atomic mass is 127. The molecule has 0 spiro atoms. The summed E-state index contributed by atoms with van der Waals surface area (Å²) in [5.74, 6) is 0.668. The molecule has 1 rings (SSSR count). The molecule has 0 atom stereocenters. The van der Waals surface area contributed by atoms with Gasteiger partial charge in [0.2, 0.25) is 5.91 Å². The van der Waals surface area contributed by atoms with Crippen LogP contribution in [-0.2, 0) is 4.79 Å². The van der Waals surface area contributed by atoms with Crippen LogP contribution in [0.4, 0.5) is 0 Å². The molecule has 1 fully saturated rings. The molecule has 24 heavy (non-hydrogen) atoms. The Labute approximate surface area is 164 Å². The van der Waals surface area contributed by atoms with Crippen molar-refractivity contribution in [3.05, 3.63) is 0 Å².